The fourth-order valence-electron chi connectivity index (χ4n) is 3.41. The lowest BCUT2D eigenvalue weighted by molar-refractivity contribution is 0.297. The average molecular weight is 404 g/mol. The number of aromatic nitrogens is 2. The molecule has 2 aliphatic heterocycles. The van der Waals surface area contributed by atoms with Crippen molar-refractivity contribution in [1.29, 1.82) is 0 Å². The summed E-state index contributed by atoms with van der Waals surface area (Å²) in [7, 11) is -3.81. The highest BCUT2D eigenvalue weighted by atomic mass is 32.2. The molecule has 0 saturated carbocycles. The van der Waals surface area contributed by atoms with Crippen molar-refractivity contribution in [3.8, 4) is 11.5 Å². The Morgan fingerprint density at radius 2 is 1.61 bits per heavy atom. The van der Waals surface area contributed by atoms with Crippen LogP contribution < -0.4 is 19.1 Å². The van der Waals surface area contributed by atoms with Crippen LogP contribution in [0.1, 0.15) is 30.7 Å². The number of benzene rings is 1. The van der Waals surface area contributed by atoms with Gasteiger partial charge in [-0.05, 0) is 38.8 Å². The van der Waals surface area contributed by atoms with E-state index in [-0.39, 0.29) is 4.90 Å². The number of fused-ring (bicyclic) bond motifs is 1. The molecule has 150 valence electrons. The summed E-state index contributed by atoms with van der Waals surface area (Å²) in [5, 5.41) is 0. The van der Waals surface area contributed by atoms with Crippen molar-refractivity contribution in [2.24, 2.45) is 0 Å². The third-order valence-corrected chi connectivity index (χ3v) is 6.26. The van der Waals surface area contributed by atoms with E-state index in [0.717, 1.165) is 32.4 Å². The summed E-state index contributed by atoms with van der Waals surface area (Å²) < 4.78 is 39.7. The van der Waals surface area contributed by atoms with Crippen molar-refractivity contribution >= 4 is 21.7 Å². The van der Waals surface area contributed by atoms with E-state index in [1.54, 1.807) is 19.9 Å². The summed E-state index contributed by atoms with van der Waals surface area (Å²) >= 11 is 0. The highest BCUT2D eigenvalue weighted by molar-refractivity contribution is 7.92. The largest absolute Gasteiger partial charge is 0.490 e. The Bertz CT molecular complexity index is 964. The zero-order valence-corrected chi connectivity index (χ0v) is 16.9. The van der Waals surface area contributed by atoms with Crippen molar-refractivity contribution in [3.63, 3.8) is 0 Å². The van der Waals surface area contributed by atoms with Crippen molar-refractivity contribution in [2.75, 3.05) is 35.9 Å². The topological polar surface area (TPSA) is 93.7 Å². The summed E-state index contributed by atoms with van der Waals surface area (Å²) in [5.41, 5.74) is 1.62. The number of nitrogens with zero attached hydrogens (tertiary/aromatic N) is 3. The first-order valence-electron chi connectivity index (χ1n) is 9.47. The lowest BCUT2D eigenvalue weighted by atomic mass is 10.3. The summed E-state index contributed by atoms with van der Waals surface area (Å²) in [6, 6.07) is 4.63. The minimum Gasteiger partial charge on any atom is -0.490 e. The molecule has 1 aromatic heterocycles. The van der Waals surface area contributed by atoms with E-state index >= 15 is 0 Å². The van der Waals surface area contributed by atoms with Gasteiger partial charge in [-0.2, -0.15) is 0 Å². The Labute approximate surface area is 164 Å². The SMILES string of the molecule is Cc1nc(N2CCCC2)nc(C)c1NS(=O)(=O)c1ccc2c(c1)OCCCO2. The summed E-state index contributed by atoms with van der Waals surface area (Å²) in [5.74, 6) is 1.66. The Hall–Kier alpha value is -2.55. The third kappa shape index (κ3) is 3.71. The molecule has 1 aromatic carbocycles. The fourth-order valence-corrected chi connectivity index (χ4v) is 4.60. The van der Waals surface area contributed by atoms with Crippen LogP contribution in [0.15, 0.2) is 23.1 Å². The molecule has 1 N–H and O–H groups in total. The maximum atomic E-state index is 12.9. The molecule has 1 saturated heterocycles. The summed E-state index contributed by atoms with van der Waals surface area (Å²) in [4.78, 5) is 11.3. The molecule has 9 heteroatoms. The lowest BCUT2D eigenvalue weighted by Gasteiger charge is -2.19. The predicted molar refractivity (Wildman–Crippen MR) is 106 cm³/mol. The van der Waals surface area contributed by atoms with Crippen LogP contribution in [-0.2, 0) is 10.0 Å². The van der Waals surface area contributed by atoms with Crippen LogP contribution >= 0.6 is 0 Å². The van der Waals surface area contributed by atoms with Gasteiger partial charge < -0.3 is 14.4 Å². The average Bonchev–Trinajstić information content (AvgIpc) is 3.10. The van der Waals surface area contributed by atoms with Gasteiger partial charge in [-0.25, -0.2) is 18.4 Å². The van der Waals surface area contributed by atoms with Crippen LogP contribution in [0.4, 0.5) is 11.6 Å². The second-order valence-corrected chi connectivity index (χ2v) is 8.71. The second-order valence-electron chi connectivity index (χ2n) is 7.03. The van der Waals surface area contributed by atoms with Crippen molar-refractivity contribution in [3.05, 3.63) is 29.6 Å². The first-order valence-corrected chi connectivity index (χ1v) is 10.9. The van der Waals surface area contributed by atoms with Gasteiger partial charge in [-0.3, -0.25) is 4.72 Å². The van der Waals surface area contributed by atoms with Gasteiger partial charge in [0.05, 0.1) is 35.2 Å². The molecule has 3 heterocycles. The highest BCUT2D eigenvalue weighted by Crippen LogP contribution is 2.33. The summed E-state index contributed by atoms with van der Waals surface area (Å²) in [6.45, 7) is 6.49. The third-order valence-electron chi connectivity index (χ3n) is 4.91. The molecule has 0 atom stereocenters. The van der Waals surface area contributed by atoms with Gasteiger partial charge in [0.2, 0.25) is 5.95 Å². The number of hydrogen-bond acceptors (Lipinski definition) is 7. The molecular weight excluding hydrogens is 380 g/mol. The van der Waals surface area contributed by atoms with Crippen LogP contribution in [-0.4, -0.2) is 44.7 Å². The smallest absolute Gasteiger partial charge is 0.262 e. The number of ether oxygens (including phenoxy) is 2. The molecule has 4 rings (SSSR count). The molecule has 0 radical (unpaired) electrons. The zero-order valence-electron chi connectivity index (χ0n) is 16.1. The van der Waals surface area contributed by atoms with Gasteiger partial charge in [0.15, 0.2) is 11.5 Å². The van der Waals surface area contributed by atoms with E-state index in [9.17, 15) is 8.42 Å². The Kier molecular flexibility index (Phi) is 5.01. The van der Waals surface area contributed by atoms with Crippen molar-refractivity contribution in [2.45, 2.75) is 38.0 Å². The van der Waals surface area contributed by atoms with Crippen LogP contribution in [0.25, 0.3) is 0 Å². The predicted octanol–water partition coefficient (Wildman–Crippen LogP) is 2.66. The van der Waals surface area contributed by atoms with E-state index in [4.69, 9.17) is 9.47 Å². The monoisotopic (exact) mass is 404 g/mol. The van der Waals surface area contributed by atoms with E-state index < -0.39 is 10.0 Å². The molecule has 2 aliphatic rings. The first-order chi connectivity index (χ1) is 13.4. The highest BCUT2D eigenvalue weighted by Gasteiger charge is 2.23. The van der Waals surface area contributed by atoms with Gasteiger partial charge >= 0.3 is 0 Å². The number of aryl methyl sites for hydroxylation is 2. The number of rotatable bonds is 4. The van der Waals surface area contributed by atoms with E-state index in [1.807, 2.05) is 0 Å². The van der Waals surface area contributed by atoms with Gasteiger partial charge in [-0.15, -0.1) is 0 Å². The molecule has 0 aliphatic carbocycles. The minimum atomic E-state index is -3.81. The first kappa shape index (κ1) is 18.8. The van der Waals surface area contributed by atoms with Gasteiger partial charge in [-0.1, -0.05) is 0 Å². The molecule has 1 fully saturated rings. The lowest BCUT2D eigenvalue weighted by Crippen LogP contribution is -2.22. The van der Waals surface area contributed by atoms with E-state index in [1.165, 1.54) is 12.1 Å². The number of sulfonamides is 1. The van der Waals surface area contributed by atoms with Gasteiger partial charge in [0.25, 0.3) is 10.0 Å². The molecular formula is C19H24N4O4S. The molecule has 2 aromatic rings. The molecule has 0 spiro atoms. The van der Waals surface area contributed by atoms with Crippen LogP contribution in [0, 0.1) is 13.8 Å². The van der Waals surface area contributed by atoms with Gasteiger partial charge in [0.1, 0.15) is 0 Å². The normalized spacial score (nSPS) is 16.7. The molecule has 28 heavy (non-hydrogen) atoms. The fraction of sp³-hybridized carbons (Fsp3) is 0.474. The quantitative estimate of drug-likeness (QED) is 0.837. The summed E-state index contributed by atoms with van der Waals surface area (Å²) in [6.07, 6.45) is 3.01. The van der Waals surface area contributed by atoms with Crippen LogP contribution in [0.3, 0.4) is 0 Å². The zero-order chi connectivity index (χ0) is 19.7. The molecule has 8 nitrogen and oxygen atoms in total. The van der Waals surface area contributed by atoms with Crippen LogP contribution in [0.5, 0.6) is 11.5 Å². The van der Waals surface area contributed by atoms with Crippen molar-refractivity contribution < 1.29 is 17.9 Å². The number of hydrogen-bond donors (Lipinski definition) is 1. The number of anilines is 2. The Morgan fingerprint density at radius 1 is 0.964 bits per heavy atom. The van der Waals surface area contributed by atoms with Crippen LogP contribution in [0.2, 0.25) is 0 Å². The van der Waals surface area contributed by atoms with Gasteiger partial charge in [0, 0.05) is 25.6 Å². The van der Waals surface area contributed by atoms with E-state index in [0.29, 0.717) is 47.7 Å². The number of nitrogens with one attached hydrogen (secondary N) is 1. The molecule has 0 amide bonds. The molecule has 0 unspecified atom stereocenters. The molecule has 0 bridgehead atoms. The van der Waals surface area contributed by atoms with Crippen molar-refractivity contribution in [1.82, 2.24) is 9.97 Å². The Morgan fingerprint density at radius 3 is 2.29 bits per heavy atom. The standard InChI is InChI=1S/C19H24N4O4S/c1-13-18(14(2)21-19(20-13)23-8-3-4-9-23)22-28(24,25)15-6-7-16-17(12-15)27-11-5-10-26-16/h6-7,12,22H,3-5,8-11H2,1-2H3. The minimum absolute atomic E-state index is 0.110. The Balaban J connectivity index is 1.62. The maximum Gasteiger partial charge on any atom is 0.262 e. The van der Waals surface area contributed by atoms with E-state index in [2.05, 4.69) is 19.6 Å². The maximum absolute atomic E-state index is 12.9. The second kappa shape index (κ2) is 7.46.